The summed E-state index contributed by atoms with van der Waals surface area (Å²) in [4.78, 5) is 10.8. The number of benzene rings is 1. The average molecular weight is 325 g/mol. The van der Waals surface area contributed by atoms with Crippen LogP contribution in [0.5, 0.6) is 5.75 Å². The van der Waals surface area contributed by atoms with E-state index in [1.165, 1.54) is 19.2 Å². The fourth-order valence-corrected chi connectivity index (χ4v) is 3.13. The first-order valence-corrected chi connectivity index (χ1v) is 7.37. The van der Waals surface area contributed by atoms with Crippen molar-refractivity contribution in [3.63, 3.8) is 0 Å². The lowest BCUT2D eigenvalue weighted by Gasteiger charge is -2.08. The van der Waals surface area contributed by atoms with Crippen molar-refractivity contribution in [2.24, 2.45) is 0 Å². The van der Waals surface area contributed by atoms with Crippen LogP contribution >= 0.6 is 23.2 Å². The quantitative estimate of drug-likeness (QED) is 0.899. The maximum Gasteiger partial charge on any atom is 0.339 e. The number of rotatable bonds is 5. The number of aromatic carboxylic acids is 1. The Hall–Kier alpha value is -1.24. The van der Waals surface area contributed by atoms with Gasteiger partial charge in [0.15, 0.2) is 9.84 Å². The van der Waals surface area contributed by atoms with Crippen molar-refractivity contribution in [1.29, 1.82) is 0 Å². The third-order valence-corrected chi connectivity index (χ3v) is 4.65. The lowest BCUT2D eigenvalue weighted by molar-refractivity contribution is 0.0693. The summed E-state index contributed by atoms with van der Waals surface area (Å²) in [6.07, 6.45) is 0. The van der Waals surface area contributed by atoms with Crippen LogP contribution in [0, 0.1) is 0 Å². The van der Waals surface area contributed by atoms with E-state index in [-0.39, 0.29) is 21.2 Å². The molecule has 0 heterocycles. The molecule has 8 heteroatoms. The highest BCUT2D eigenvalue weighted by Gasteiger charge is 2.20. The number of carbonyl (C=O) groups is 1. The Bertz CT molecular complexity index is 622. The molecule has 0 aliphatic heterocycles. The van der Waals surface area contributed by atoms with Crippen LogP contribution in [-0.4, -0.2) is 32.4 Å². The maximum atomic E-state index is 12.0. The monoisotopic (exact) mass is 324 g/mol. The molecule has 0 aliphatic carbocycles. The van der Waals surface area contributed by atoms with Gasteiger partial charge in [-0.25, -0.2) is 13.2 Å². The summed E-state index contributed by atoms with van der Waals surface area (Å²) in [5, 5.41) is 8.92. The van der Waals surface area contributed by atoms with Gasteiger partial charge in [0.2, 0.25) is 0 Å². The van der Waals surface area contributed by atoms with Crippen LogP contribution in [0.25, 0.3) is 0 Å². The van der Waals surface area contributed by atoms with E-state index in [1.54, 1.807) is 0 Å². The third-order valence-electron chi connectivity index (χ3n) is 2.21. The van der Waals surface area contributed by atoms with E-state index in [4.69, 9.17) is 33.0 Å². The Balaban J connectivity index is 3.29. The molecule has 0 amide bonds. The second kappa shape index (κ2) is 6.27. The van der Waals surface area contributed by atoms with E-state index >= 15 is 0 Å². The van der Waals surface area contributed by atoms with Gasteiger partial charge in [0, 0.05) is 10.6 Å². The summed E-state index contributed by atoms with van der Waals surface area (Å²) >= 11 is 10.9. The van der Waals surface area contributed by atoms with Crippen molar-refractivity contribution in [2.45, 2.75) is 4.90 Å². The van der Waals surface area contributed by atoms with Crippen LogP contribution in [0.4, 0.5) is 0 Å². The van der Waals surface area contributed by atoms with E-state index < -0.39 is 21.6 Å². The molecule has 0 unspecified atom stereocenters. The smallest absolute Gasteiger partial charge is 0.339 e. The predicted octanol–water partition coefficient (Wildman–Crippen LogP) is 2.49. The number of halogens is 2. The van der Waals surface area contributed by atoms with E-state index in [9.17, 15) is 13.2 Å². The molecule has 0 aromatic heterocycles. The van der Waals surface area contributed by atoms with Gasteiger partial charge in [-0.2, -0.15) is 0 Å². The molecule has 1 aromatic carbocycles. The maximum absolute atomic E-state index is 12.0. The molecule has 0 bridgehead atoms. The van der Waals surface area contributed by atoms with Gasteiger partial charge in [0.25, 0.3) is 0 Å². The Labute approximate surface area is 120 Å². The van der Waals surface area contributed by atoms with Crippen LogP contribution in [-0.2, 0) is 9.84 Å². The van der Waals surface area contributed by atoms with Gasteiger partial charge in [-0.05, 0) is 18.2 Å². The van der Waals surface area contributed by atoms with Crippen LogP contribution in [0.15, 0.2) is 33.7 Å². The van der Waals surface area contributed by atoms with Gasteiger partial charge in [-0.1, -0.05) is 23.2 Å². The molecule has 0 saturated heterocycles. The zero-order valence-electron chi connectivity index (χ0n) is 9.76. The fourth-order valence-electron chi connectivity index (χ4n) is 1.34. The molecule has 0 aliphatic rings. The minimum atomic E-state index is -3.76. The van der Waals surface area contributed by atoms with Crippen LogP contribution in [0.3, 0.4) is 0 Å². The number of hydrogen-bond acceptors (Lipinski definition) is 4. The average Bonchev–Trinajstić information content (AvgIpc) is 2.37. The van der Waals surface area contributed by atoms with Gasteiger partial charge < -0.3 is 9.84 Å². The summed E-state index contributed by atoms with van der Waals surface area (Å²) < 4.78 is 28.8. The van der Waals surface area contributed by atoms with Gasteiger partial charge >= 0.3 is 5.97 Å². The standard InChI is InChI=1S/C11H10Cl2O5S/c1-18-10-3-2-8(4-9(10)11(14)15)19(16,17)6-7(13)5-12/h2-5H,6H2,1H3,(H,14,15). The zero-order chi connectivity index (χ0) is 14.6. The fraction of sp³-hybridized carbons (Fsp3) is 0.182. The van der Waals surface area contributed by atoms with Gasteiger partial charge in [-0.15, -0.1) is 0 Å². The molecular formula is C11H10Cl2O5S. The summed E-state index contributed by atoms with van der Waals surface area (Å²) in [7, 11) is -2.46. The molecule has 1 aromatic rings. The van der Waals surface area contributed by atoms with Crippen molar-refractivity contribution < 1.29 is 23.1 Å². The number of carboxylic acid groups (broad SMARTS) is 1. The summed E-state index contributed by atoms with van der Waals surface area (Å²) in [6, 6.07) is 3.54. The minimum absolute atomic E-state index is 0.0608. The van der Waals surface area contributed by atoms with Gasteiger partial charge in [-0.3, -0.25) is 0 Å². The number of ether oxygens (including phenoxy) is 1. The summed E-state index contributed by atoms with van der Waals surface area (Å²) in [6.45, 7) is 0. The van der Waals surface area contributed by atoms with Crippen molar-refractivity contribution in [2.75, 3.05) is 12.9 Å². The Morgan fingerprint density at radius 2 is 2.11 bits per heavy atom. The van der Waals surface area contributed by atoms with E-state index in [0.717, 1.165) is 11.6 Å². The minimum Gasteiger partial charge on any atom is -0.496 e. The molecule has 1 rings (SSSR count). The molecular weight excluding hydrogens is 315 g/mol. The highest BCUT2D eigenvalue weighted by molar-refractivity contribution is 7.91. The molecule has 19 heavy (non-hydrogen) atoms. The Kier molecular flexibility index (Phi) is 5.22. The van der Waals surface area contributed by atoms with Crippen molar-refractivity contribution in [3.8, 4) is 5.75 Å². The number of carboxylic acids is 1. The molecule has 0 spiro atoms. The van der Waals surface area contributed by atoms with Gasteiger partial charge in [0.05, 0.1) is 17.8 Å². The molecule has 5 nitrogen and oxygen atoms in total. The highest BCUT2D eigenvalue weighted by atomic mass is 35.5. The molecule has 1 N–H and O–H groups in total. The molecule has 104 valence electrons. The zero-order valence-corrected chi connectivity index (χ0v) is 12.1. The summed E-state index contributed by atoms with van der Waals surface area (Å²) in [5.74, 6) is -1.71. The molecule has 0 fully saturated rings. The lowest BCUT2D eigenvalue weighted by Crippen LogP contribution is -2.09. The third kappa shape index (κ3) is 3.86. The number of methoxy groups -OCH3 is 1. The largest absolute Gasteiger partial charge is 0.496 e. The van der Waals surface area contributed by atoms with E-state index in [0.29, 0.717) is 0 Å². The summed E-state index contributed by atoms with van der Waals surface area (Å²) in [5.41, 5.74) is 0.704. The van der Waals surface area contributed by atoms with Gasteiger partial charge in [0.1, 0.15) is 11.3 Å². The van der Waals surface area contributed by atoms with Crippen LogP contribution < -0.4 is 4.74 Å². The second-order valence-electron chi connectivity index (χ2n) is 3.48. The molecule has 0 saturated carbocycles. The first-order chi connectivity index (χ1) is 8.81. The first-order valence-electron chi connectivity index (χ1n) is 4.90. The SMILES string of the molecule is COc1ccc(S(=O)(=O)CC(Cl)=CCl)cc1C(=O)O. The molecule has 0 atom stereocenters. The molecule has 0 radical (unpaired) electrons. The Morgan fingerprint density at radius 1 is 1.47 bits per heavy atom. The van der Waals surface area contributed by atoms with E-state index in [2.05, 4.69) is 0 Å². The number of sulfone groups is 1. The van der Waals surface area contributed by atoms with Crippen molar-refractivity contribution >= 4 is 39.0 Å². The second-order valence-corrected chi connectivity index (χ2v) is 6.18. The van der Waals surface area contributed by atoms with Crippen LogP contribution in [0.1, 0.15) is 10.4 Å². The predicted molar refractivity (Wildman–Crippen MR) is 71.8 cm³/mol. The lowest BCUT2D eigenvalue weighted by atomic mass is 10.2. The van der Waals surface area contributed by atoms with Crippen LogP contribution in [0.2, 0.25) is 0 Å². The van der Waals surface area contributed by atoms with Crippen molar-refractivity contribution in [1.82, 2.24) is 0 Å². The first kappa shape index (κ1) is 15.8. The Morgan fingerprint density at radius 3 is 2.58 bits per heavy atom. The number of hydrogen-bond donors (Lipinski definition) is 1. The topological polar surface area (TPSA) is 80.7 Å². The normalized spacial score (nSPS) is 12.3. The highest BCUT2D eigenvalue weighted by Crippen LogP contribution is 2.24. The van der Waals surface area contributed by atoms with Crippen molar-refractivity contribution in [3.05, 3.63) is 34.3 Å². The van der Waals surface area contributed by atoms with E-state index in [1.807, 2.05) is 0 Å².